The van der Waals surface area contributed by atoms with Crippen LogP contribution in [-0.2, 0) is 53.2 Å². The Morgan fingerprint density at radius 3 is 0.581 bits per heavy atom. The minimum absolute atomic E-state index is 6.50. The average molecular weight is 604 g/mol. The normalized spacial score (nSPS) is 16.5. The summed E-state index contributed by atoms with van der Waals surface area (Å²) >= 11 is 0. The molecular weight excluding hydrogens is 603 g/mol. The molecule has 0 aromatic heterocycles. The highest BCUT2D eigenvalue weighted by atomic mass is 33.2. The number of hydrogen-bond acceptors (Lipinski definition) is 12. The van der Waals surface area contributed by atoms with E-state index in [0.717, 1.165) is 0 Å². The summed E-state index contributed by atoms with van der Waals surface area (Å²) in [5.41, 5.74) is -22.2. The van der Waals surface area contributed by atoms with E-state index < -0.39 is 73.7 Å². The molecule has 0 amide bonds. The lowest BCUT2D eigenvalue weighted by Crippen LogP contribution is -2.52. The molecule has 12 nitrogen and oxygen atoms in total. The van der Waals surface area contributed by atoms with Gasteiger partial charge in [-0.2, -0.15) is 39.5 Å². The molecule has 0 saturated carbocycles. The quantitative estimate of drug-likeness (QED) is 0.266. The van der Waals surface area contributed by atoms with Crippen LogP contribution in [0.4, 0.5) is 39.5 Å². The number of halogens is 9. The lowest BCUT2D eigenvalue weighted by Gasteiger charge is -2.20. The second-order valence-corrected chi connectivity index (χ2v) is 22.0. The van der Waals surface area contributed by atoms with Gasteiger partial charge in [-0.05, 0) is 0 Å². The van der Waals surface area contributed by atoms with Crippen molar-refractivity contribution in [2.75, 3.05) is 0 Å². The predicted molar refractivity (Wildman–Crippen MR) is 75.5 cm³/mol. The first-order chi connectivity index (χ1) is 12.9. The van der Waals surface area contributed by atoms with Gasteiger partial charge in [0.25, 0.3) is 26.6 Å². The zero-order chi connectivity index (χ0) is 26.1. The molecule has 0 fully saturated rings. The van der Waals surface area contributed by atoms with E-state index in [1.54, 1.807) is 0 Å². The Bertz CT molecular complexity index is 1210. The van der Waals surface area contributed by atoms with Crippen LogP contribution in [0.1, 0.15) is 0 Å². The lowest BCUT2D eigenvalue weighted by atomic mass is 11.6. The number of hydrogen-bond donors (Lipinski definition) is 0. The van der Waals surface area contributed by atoms with Crippen LogP contribution in [0.2, 0.25) is 0 Å². The first-order valence-electron chi connectivity index (χ1n) is 5.52. The van der Waals surface area contributed by atoms with Crippen LogP contribution in [0.25, 0.3) is 0 Å². The fraction of sp³-hybridized carbons (Fsp3) is 1.00. The molecule has 0 spiro atoms. The SMILES string of the molecule is O=S(=O)(C(S(=O)(=O)S(=O)(=O)C(F)(F)F)S(=O)(=O)S(=O)(=O)C(F)(F)F)S(=O)(=O)C(F)(F)F. The van der Waals surface area contributed by atoms with Gasteiger partial charge in [0.05, 0.1) is 0 Å². The molecule has 0 aliphatic carbocycles. The highest BCUT2D eigenvalue weighted by molar-refractivity contribution is 8.84. The van der Waals surface area contributed by atoms with Gasteiger partial charge in [0.1, 0.15) is 0 Å². The molecule has 0 bridgehead atoms. The van der Waals surface area contributed by atoms with Crippen molar-refractivity contribution in [1.82, 2.24) is 0 Å². The van der Waals surface area contributed by atoms with Crippen molar-refractivity contribution in [3.8, 4) is 0 Å². The lowest BCUT2D eigenvalue weighted by molar-refractivity contribution is -0.0418. The van der Waals surface area contributed by atoms with Gasteiger partial charge >= 0.3 is 47.0 Å². The molecule has 0 rings (SSSR count). The number of rotatable bonds is 6. The molecule has 0 aliphatic rings. The van der Waals surface area contributed by atoms with Crippen LogP contribution in [0.5, 0.6) is 0 Å². The van der Waals surface area contributed by atoms with Crippen molar-refractivity contribution in [2.24, 2.45) is 0 Å². The Morgan fingerprint density at radius 1 is 0.355 bits per heavy atom. The Hall–Kier alpha value is -0.930. The summed E-state index contributed by atoms with van der Waals surface area (Å²) in [6.45, 7) is 0. The fourth-order valence-electron chi connectivity index (χ4n) is 1.14. The van der Waals surface area contributed by atoms with Crippen molar-refractivity contribution in [2.45, 2.75) is 20.4 Å². The van der Waals surface area contributed by atoms with Gasteiger partial charge in [-0.3, -0.25) is 0 Å². The minimum atomic E-state index is -8.65. The summed E-state index contributed by atoms with van der Waals surface area (Å²) in [5.74, 6) is 0. The van der Waals surface area contributed by atoms with Gasteiger partial charge in [0.15, 0.2) is 0 Å². The maximum absolute atomic E-state index is 12.4. The summed E-state index contributed by atoms with van der Waals surface area (Å²) in [5, 5.41) is 0. The first-order valence-corrected chi connectivity index (χ1v) is 16.2. The van der Waals surface area contributed by atoms with Gasteiger partial charge in [-0.25, -0.2) is 50.5 Å². The molecule has 0 saturated heterocycles. The third-order valence-electron chi connectivity index (χ3n) is 2.48. The minimum Gasteiger partial charge on any atom is -0.210 e. The predicted octanol–water partition coefficient (Wildman–Crippen LogP) is -0.937. The topological polar surface area (TPSA) is 205 Å². The maximum Gasteiger partial charge on any atom is 0.512 e. The molecule has 27 heteroatoms. The van der Waals surface area contributed by atoms with Crippen molar-refractivity contribution in [3.05, 3.63) is 0 Å². The summed E-state index contributed by atoms with van der Waals surface area (Å²) in [6, 6.07) is 0. The summed E-state index contributed by atoms with van der Waals surface area (Å²) in [6.07, 6.45) is 0. The van der Waals surface area contributed by atoms with Crippen molar-refractivity contribution in [3.63, 3.8) is 0 Å². The highest BCUT2D eigenvalue weighted by Crippen LogP contribution is 2.42. The van der Waals surface area contributed by atoms with Gasteiger partial charge in [0, 0.05) is 0 Å². The second-order valence-electron chi connectivity index (χ2n) is 4.47. The third-order valence-corrected chi connectivity index (χ3v) is 23.1. The van der Waals surface area contributed by atoms with E-state index >= 15 is 0 Å². The highest BCUT2D eigenvalue weighted by Gasteiger charge is 2.74. The molecule has 188 valence electrons. The standard InChI is InChI=1S/C4HF9O12S6/c5-2(6,7)29(20,21)26(14,15)1(27(16,17)30(22,23)3(8,9)10)28(18,19)31(24,25)4(11,12)13/h1H. The molecular formula is C4HF9O12S6. The zero-order valence-corrected chi connectivity index (χ0v) is 17.7. The van der Waals surface area contributed by atoms with Gasteiger partial charge in [-0.15, -0.1) is 0 Å². The van der Waals surface area contributed by atoms with Crippen molar-refractivity contribution >= 4 is 53.2 Å². The van der Waals surface area contributed by atoms with E-state index in [1.807, 2.05) is 0 Å². The van der Waals surface area contributed by atoms with Crippen LogP contribution in [0.3, 0.4) is 0 Å². The Labute approximate surface area is 163 Å². The van der Waals surface area contributed by atoms with Crippen LogP contribution < -0.4 is 0 Å². The van der Waals surface area contributed by atoms with E-state index in [1.165, 1.54) is 0 Å². The van der Waals surface area contributed by atoms with Crippen LogP contribution in [0.15, 0.2) is 0 Å². The second kappa shape index (κ2) is 7.29. The average Bonchev–Trinajstić information content (AvgIpc) is 2.41. The van der Waals surface area contributed by atoms with Crippen LogP contribution >= 0.6 is 0 Å². The van der Waals surface area contributed by atoms with E-state index in [2.05, 4.69) is 0 Å². The first kappa shape index (κ1) is 30.1. The fourth-order valence-corrected chi connectivity index (χ4v) is 22.8. The van der Waals surface area contributed by atoms with Crippen LogP contribution in [-0.4, -0.2) is 70.9 Å². The molecule has 0 N–H and O–H groups in total. The summed E-state index contributed by atoms with van der Waals surface area (Å²) in [7, 11) is -51.5. The van der Waals surface area contributed by atoms with Crippen molar-refractivity contribution in [1.29, 1.82) is 0 Å². The summed E-state index contributed by atoms with van der Waals surface area (Å²) < 4.78 is 240. The third kappa shape index (κ3) is 4.22. The maximum atomic E-state index is 12.4. The zero-order valence-electron chi connectivity index (χ0n) is 12.8. The molecule has 0 heterocycles. The van der Waals surface area contributed by atoms with E-state index in [0.29, 0.717) is 0 Å². The molecule has 0 aromatic carbocycles. The van der Waals surface area contributed by atoms with E-state index in [9.17, 15) is 90.0 Å². The Balaban J connectivity index is 8.14. The van der Waals surface area contributed by atoms with Gasteiger partial charge in [0.2, 0.25) is 0 Å². The van der Waals surface area contributed by atoms with Crippen LogP contribution in [0, 0.1) is 0 Å². The Kier molecular flexibility index (Phi) is 7.07. The molecule has 0 atom stereocenters. The van der Waals surface area contributed by atoms with Crippen molar-refractivity contribution < 1.29 is 90.0 Å². The smallest absolute Gasteiger partial charge is 0.210 e. The van der Waals surface area contributed by atoms with E-state index in [4.69, 9.17) is 0 Å². The van der Waals surface area contributed by atoms with Gasteiger partial charge < -0.3 is 0 Å². The molecule has 0 aromatic rings. The molecule has 31 heavy (non-hydrogen) atoms. The largest absolute Gasteiger partial charge is 0.512 e. The van der Waals surface area contributed by atoms with Gasteiger partial charge in [-0.1, -0.05) is 0 Å². The molecule has 0 aliphatic heterocycles. The Morgan fingerprint density at radius 2 is 0.484 bits per heavy atom. The molecule has 0 radical (unpaired) electrons. The number of alkyl halides is 9. The summed E-state index contributed by atoms with van der Waals surface area (Å²) in [4.78, 5) is 0. The monoisotopic (exact) mass is 604 g/mol. The van der Waals surface area contributed by atoms with E-state index in [-0.39, 0.29) is 0 Å². The molecule has 0 unspecified atom stereocenters.